The van der Waals surface area contributed by atoms with Crippen molar-refractivity contribution in [3.63, 3.8) is 0 Å². The van der Waals surface area contributed by atoms with E-state index >= 15 is 0 Å². The van der Waals surface area contributed by atoms with Gasteiger partial charge in [-0.2, -0.15) is 0 Å². The standard InChI is InChI=1S/C17H21N3O3S/c1-12(20-17(23)13-6-2-3-7-14(13)24-20)16(22)18-9-5-11-19-10-4-8-15(19)21/h2-3,6-7,12H,4-5,8-11H2,1H3,(H,18,22)/t12-/m1/s1. The van der Waals surface area contributed by atoms with E-state index < -0.39 is 6.04 Å². The first-order valence-electron chi connectivity index (χ1n) is 8.24. The van der Waals surface area contributed by atoms with Gasteiger partial charge in [-0.15, -0.1) is 0 Å². The lowest BCUT2D eigenvalue weighted by Gasteiger charge is -2.16. The molecule has 0 bridgehead atoms. The molecular formula is C17H21N3O3S. The van der Waals surface area contributed by atoms with E-state index in [1.54, 1.807) is 13.0 Å². The summed E-state index contributed by atoms with van der Waals surface area (Å²) >= 11 is 1.31. The van der Waals surface area contributed by atoms with Gasteiger partial charge in [-0.05, 0) is 31.9 Å². The number of fused-ring (bicyclic) bond motifs is 1. The smallest absolute Gasteiger partial charge is 0.269 e. The highest BCUT2D eigenvalue weighted by Crippen LogP contribution is 2.19. The van der Waals surface area contributed by atoms with Crippen LogP contribution < -0.4 is 10.9 Å². The van der Waals surface area contributed by atoms with E-state index in [1.807, 2.05) is 23.1 Å². The van der Waals surface area contributed by atoms with Gasteiger partial charge in [0.1, 0.15) is 6.04 Å². The Balaban J connectivity index is 1.55. The van der Waals surface area contributed by atoms with Crippen LogP contribution in [0.3, 0.4) is 0 Å². The molecule has 2 aromatic rings. The highest BCUT2D eigenvalue weighted by molar-refractivity contribution is 7.14. The molecule has 1 saturated heterocycles. The highest BCUT2D eigenvalue weighted by atomic mass is 32.1. The molecule has 24 heavy (non-hydrogen) atoms. The molecule has 0 unspecified atom stereocenters. The van der Waals surface area contributed by atoms with Crippen LogP contribution in [0.25, 0.3) is 10.1 Å². The number of nitrogens with zero attached hydrogens (tertiary/aromatic N) is 2. The van der Waals surface area contributed by atoms with Gasteiger partial charge in [-0.1, -0.05) is 23.7 Å². The molecular weight excluding hydrogens is 326 g/mol. The molecule has 1 aromatic heterocycles. The molecule has 0 aliphatic carbocycles. The van der Waals surface area contributed by atoms with Gasteiger partial charge in [0.05, 0.1) is 10.1 Å². The van der Waals surface area contributed by atoms with Crippen molar-refractivity contribution < 1.29 is 9.59 Å². The van der Waals surface area contributed by atoms with Gasteiger partial charge in [-0.25, -0.2) is 0 Å². The van der Waals surface area contributed by atoms with Gasteiger partial charge >= 0.3 is 0 Å². The zero-order valence-electron chi connectivity index (χ0n) is 13.7. The minimum absolute atomic E-state index is 0.124. The normalized spacial score (nSPS) is 15.9. The molecule has 1 aliphatic rings. The van der Waals surface area contributed by atoms with E-state index in [4.69, 9.17) is 0 Å². The predicted molar refractivity (Wildman–Crippen MR) is 94.2 cm³/mol. The largest absolute Gasteiger partial charge is 0.354 e. The van der Waals surface area contributed by atoms with Crippen LogP contribution in [-0.4, -0.2) is 40.3 Å². The fourth-order valence-corrected chi connectivity index (χ4v) is 3.96. The summed E-state index contributed by atoms with van der Waals surface area (Å²) in [5.74, 6) is 0.0305. The summed E-state index contributed by atoms with van der Waals surface area (Å²) in [6.45, 7) is 3.74. The Labute approximate surface area is 144 Å². The minimum atomic E-state index is -0.539. The maximum atomic E-state index is 12.4. The Morgan fingerprint density at radius 2 is 2.12 bits per heavy atom. The molecule has 0 radical (unpaired) electrons. The summed E-state index contributed by atoms with van der Waals surface area (Å²) in [7, 11) is 0. The molecule has 1 fully saturated rings. The molecule has 6 nitrogen and oxygen atoms in total. The number of carbonyl (C=O) groups excluding carboxylic acids is 2. The average molecular weight is 347 g/mol. The third-order valence-corrected chi connectivity index (χ3v) is 5.55. The lowest BCUT2D eigenvalue weighted by Crippen LogP contribution is -2.35. The zero-order chi connectivity index (χ0) is 17.1. The third-order valence-electron chi connectivity index (χ3n) is 4.32. The summed E-state index contributed by atoms with van der Waals surface area (Å²) in [6, 6.07) is 6.83. The van der Waals surface area contributed by atoms with Crippen molar-refractivity contribution in [2.24, 2.45) is 0 Å². The summed E-state index contributed by atoms with van der Waals surface area (Å²) in [5.41, 5.74) is -0.124. The Hall–Kier alpha value is -2.15. The van der Waals surface area contributed by atoms with Gasteiger partial charge in [0.15, 0.2) is 0 Å². The first-order chi connectivity index (χ1) is 11.6. The first kappa shape index (κ1) is 16.7. The number of hydrogen-bond donors (Lipinski definition) is 1. The van der Waals surface area contributed by atoms with E-state index in [0.717, 1.165) is 24.1 Å². The van der Waals surface area contributed by atoms with E-state index in [0.29, 0.717) is 24.9 Å². The van der Waals surface area contributed by atoms with Crippen molar-refractivity contribution in [3.8, 4) is 0 Å². The third kappa shape index (κ3) is 3.36. The molecule has 2 amide bonds. The van der Waals surface area contributed by atoms with Crippen molar-refractivity contribution in [3.05, 3.63) is 34.6 Å². The van der Waals surface area contributed by atoms with Crippen molar-refractivity contribution in [1.82, 2.24) is 14.2 Å². The topological polar surface area (TPSA) is 71.4 Å². The summed E-state index contributed by atoms with van der Waals surface area (Å²) in [4.78, 5) is 38.0. The minimum Gasteiger partial charge on any atom is -0.354 e. The van der Waals surface area contributed by atoms with E-state index in [9.17, 15) is 14.4 Å². The number of nitrogens with one attached hydrogen (secondary N) is 1. The summed E-state index contributed by atoms with van der Waals surface area (Å²) in [5, 5.41) is 3.51. The molecule has 3 rings (SSSR count). The number of benzene rings is 1. The van der Waals surface area contributed by atoms with Crippen LogP contribution in [0.2, 0.25) is 0 Å². The van der Waals surface area contributed by atoms with Crippen molar-refractivity contribution >= 4 is 33.4 Å². The molecule has 1 N–H and O–H groups in total. The Bertz CT molecular complexity index is 811. The first-order valence-corrected chi connectivity index (χ1v) is 9.01. The van der Waals surface area contributed by atoms with Gasteiger partial charge in [0.25, 0.3) is 5.56 Å². The van der Waals surface area contributed by atoms with Gasteiger partial charge < -0.3 is 10.2 Å². The van der Waals surface area contributed by atoms with Crippen molar-refractivity contribution in [2.75, 3.05) is 19.6 Å². The van der Waals surface area contributed by atoms with Crippen LogP contribution in [0.4, 0.5) is 0 Å². The lowest BCUT2D eigenvalue weighted by atomic mass is 10.2. The van der Waals surface area contributed by atoms with Crippen LogP contribution in [0, 0.1) is 0 Å². The van der Waals surface area contributed by atoms with Gasteiger partial charge in [-0.3, -0.25) is 18.3 Å². The maximum absolute atomic E-state index is 12.4. The van der Waals surface area contributed by atoms with E-state index in [-0.39, 0.29) is 17.4 Å². The Morgan fingerprint density at radius 3 is 2.83 bits per heavy atom. The Morgan fingerprint density at radius 1 is 1.33 bits per heavy atom. The molecule has 128 valence electrons. The predicted octanol–water partition coefficient (Wildman–Crippen LogP) is 1.75. The van der Waals surface area contributed by atoms with Crippen molar-refractivity contribution in [2.45, 2.75) is 32.2 Å². The second kappa shape index (κ2) is 7.17. The fraction of sp³-hybridized carbons (Fsp3) is 0.471. The maximum Gasteiger partial charge on any atom is 0.269 e. The van der Waals surface area contributed by atoms with Gasteiger partial charge in [0.2, 0.25) is 11.8 Å². The number of likely N-dealkylation sites (tertiary alicyclic amines) is 1. The van der Waals surface area contributed by atoms with E-state index in [1.165, 1.54) is 15.5 Å². The molecule has 1 aliphatic heterocycles. The van der Waals surface area contributed by atoms with E-state index in [2.05, 4.69) is 5.32 Å². The summed E-state index contributed by atoms with van der Waals surface area (Å²) < 4.78 is 2.40. The number of rotatable bonds is 6. The van der Waals surface area contributed by atoms with Crippen LogP contribution in [0.15, 0.2) is 29.1 Å². The quantitative estimate of drug-likeness (QED) is 0.809. The van der Waals surface area contributed by atoms with Crippen molar-refractivity contribution in [1.29, 1.82) is 0 Å². The molecule has 0 saturated carbocycles. The average Bonchev–Trinajstić information content (AvgIpc) is 3.15. The highest BCUT2D eigenvalue weighted by Gasteiger charge is 2.21. The molecule has 7 heteroatoms. The zero-order valence-corrected chi connectivity index (χ0v) is 14.5. The molecule has 0 spiro atoms. The van der Waals surface area contributed by atoms with Crippen LogP contribution >= 0.6 is 11.5 Å². The Kier molecular flexibility index (Phi) is 4.99. The molecule has 1 atom stereocenters. The number of amides is 2. The fourth-order valence-electron chi connectivity index (χ4n) is 2.92. The molecule has 1 aromatic carbocycles. The monoisotopic (exact) mass is 347 g/mol. The number of hydrogen-bond acceptors (Lipinski definition) is 4. The number of carbonyl (C=O) groups is 2. The second-order valence-electron chi connectivity index (χ2n) is 6.02. The lowest BCUT2D eigenvalue weighted by molar-refractivity contribution is -0.127. The van der Waals surface area contributed by atoms with Crippen LogP contribution in [0.1, 0.15) is 32.2 Å². The summed E-state index contributed by atoms with van der Waals surface area (Å²) in [6.07, 6.45) is 2.29. The molecule has 2 heterocycles. The van der Waals surface area contributed by atoms with Crippen LogP contribution in [-0.2, 0) is 9.59 Å². The SMILES string of the molecule is C[C@H](C(=O)NCCCN1CCCC1=O)n1sc2ccccc2c1=O. The number of aromatic nitrogens is 1. The van der Waals surface area contributed by atoms with Gasteiger partial charge in [0, 0.05) is 26.1 Å². The second-order valence-corrected chi connectivity index (χ2v) is 7.04. The van der Waals surface area contributed by atoms with Crippen LogP contribution in [0.5, 0.6) is 0 Å².